The highest BCUT2D eigenvalue weighted by Crippen LogP contribution is 2.26. The van der Waals surface area contributed by atoms with Gasteiger partial charge in [0.1, 0.15) is 0 Å². The van der Waals surface area contributed by atoms with Crippen LogP contribution in [0.4, 0.5) is 0 Å². The predicted molar refractivity (Wildman–Crippen MR) is 90.2 cm³/mol. The first kappa shape index (κ1) is 17.2. The van der Waals surface area contributed by atoms with E-state index >= 15 is 0 Å². The molecule has 0 aliphatic heterocycles. The molecule has 6 heteroatoms. The second-order valence-electron chi connectivity index (χ2n) is 5.64. The molecule has 2 rings (SSSR count). The van der Waals surface area contributed by atoms with Crippen molar-refractivity contribution in [3.8, 4) is 11.1 Å². The summed E-state index contributed by atoms with van der Waals surface area (Å²) in [6, 6.07) is 13.9. The highest BCUT2D eigenvalue weighted by molar-refractivity contribution is 7.89. The molecule has 0 aliphatic carbocycles. The molecule has 0 unspecified atom stereocenters. The van der Waals surface area contributed by atoms with Crippen molar-refractivity contribution in [2.75, 3.05) is 0 Å². The second kappa shape index (κ2) is 6.93. The molecule has 0 heterocycles. The van der Waals surface area contributed by atoms with E-state index in [1.54, 1.807) is 30.3 Å². The zero-order chi connectivity index (χ0) is 17.0. The van der Waals surface area contributed by atoms with Gasteiger partial charge in [0, 0.05) is 11.6 Å². The Kier molecular flexibility index (Phi) is 5.18. The van der Waals surface area contributed by atoms with E-state index in [4.69, 9.17) is 5.14 Å². The van der Waals surface area contributed by atoms with Gasteiger partial charge in [0.25, 0.3) is 0 Å². The Balaban J connectivity index is 2.26. The van der Waals surface area contributed by atoms with Crippen molar-refractivity contribution in [2.45, 2.75) is 31.2 Å². The molecule has 0 saturated carbocycles. The fraction of sp³-hybridized carbons (Fsp3) is 0.235. The lowest BCUT2D eigenvalue weighted by atomic mass is 10.0. The monoisotopic (exact) mass is 332 g/mol. The molecule has 122 valence electrons. The number of primary sulfonamides is 1. The van der Waals surface area contributed by atoms with Gasteiger partial charge in [-0.15, -0.1) is 0 Å². The molecule has 3 N–H and O–H groups in total. The molecule has 0 spiro atoms. The van der Waals surface area contributed by atoms with Crippen LogP contribution in [0.2, 0.25) is 0 Å². The minimum Gasteiger partial charge on any atom is -0.354 e. The van der Waals surface area contributed by atoms with Gasteiger partial charge in [-0.05, 0) is 31.0 Å². The molecule has 23 heavy (non-hydrogen) atoms. The molecule has 0 saturated heterocycles. The number of nitrogens with two attached hydrogens (primary N) is 1. The van der Waals surface area contributed by atoms with Crippen molar-refractivity contribution >= 4 is 15.9 Å². The number of hydrogen-bond donors (Lipinski definition) is 2. The van der Waals surface area contributed by atoms with E-state index in [0.29, 0.717) is 5.56 Å². The summed E-state index contributed by atoms with van der Waals surface area (Å²) in [5, 5.41) is 8.09. The molecule has 2 aromatic carbocycles. The number of amides is 1. The van der Waals surface area contributed by atoms with Crippen molar-refractivity contribution < 1.29 is 13.2 Å². The Morgan fingerprint density at radius 3 is 2.26 bits per heavy atom. The summed E-state index contributed by atoms with van der Waals surface area (Å²) in [6.07, 6.45) is 0.287. The molecular formula is C17H20N2O3S. The van der Waals surface area contributed by atoms with Gasteiger partial charge in [0.2, 0.25) is 15.9 Å². The van der Waals surface area contributed by atoms with Crippen LogP contribution >= 0.6 is 0 Å². The lowest BCUT2D eigenvalue weighted by Gasteiger charge is -2.10. The van der Waals surface area contributed by atoms with Gasteiger partial charge < -0.3 is 5.32 Å². The smallest absolute Gasteiger partial charge is 0.238 e. The van der Waals surface area contributed by atoms with E-state index in [9.17, 15) is 13.2 Å². The van der Waals surface area contributed by atoms with E-state index in [1.807, 2.05) is 26.0 Å². The van der Waals surface area contributed by atoms with Gasteiger partial charge in [-0.2, -0.15) is 0 Å². The average Bonchev–Trinajstić information content (AvgIpc) is 2.46. The van der Waals surface area contributed by atoms with Crippen molar-refractivity contribution in [3.05, 3.63) is 54.1 Å². The molecule has 5 nitrogen and oxygen atoms in total. The van der Waals surface area contributed by atoms with E-state index < -0.39 is 10.0 Å². The van der Waals surface area contributed by atoms with Crippen LogP contribution in [0.1, 0.15) is 19.4 Å². The quantitative estimate of drug-likeness (QED) is 0.878. The number of benzene rings is 2. The molecule has 0 aliphatic rings. The van der Waals surface area contributed by atoms with E-state index in [1.165, 1.54) is 6.07 Å². The second-order valence-corrected chi connectivity index (χ2v) is 7.17. The van der Waals surface area contributed by atoms with Crippen LogP contribution in [-0.4, -0.2) is 20.4 Å². The van der Waals surface area contributed by atoms with Crippen LogP contribution in [0.5, 0.6) is 0 Å². The zero-order valence-electron chi connectivity index (χ0n) is 13.1. The number of carbonyl (C=O) groups is 1. The molecule has 0 fully saturated rings. The summed E-state index contributed by atoms with van der Waals surface area (Å²) < 4.78 is 23.3. The van der Waals surface area contributed by atoms with Crippen LogP contribution < -0.4 is 10.5 Å². The van der Waals surface area contributed by atoms with Crippen LogP contribution in [0, 0.1) is 0 Å². The normalized spacial score (nSPS) is 11.5. The topological polar surface area (TPSA) is 89.3 Å². The van der Waals surface area contributed by atoms with Gasteiger partial charge in [-0.1, -0.05) is 42.5 Å². The van der Waals surface area contributed by atoms with Crippen LogP contribution in [0.15, 0.2) is 53.4 Å². The third kappa shape index (κ3) is 4.64. The molecule has 0 atom stereocenters. The van der Waals surface area contributed by atoms with E-state index in [2.05, 4.69) is 5.32 Å². The maximum absolute atomic E-state index is 11.8. The number of nitrogens with one attached hydrogen (secondary N) is 1. The van der Waals surface area contributed by atoms with Crippen molar-refractivity contribution in [3.63, 3.8) is 0 Å². The predicted octanol–water partition coefficient (Wildman–Crippen LogP) is 2.07. The Labute approximate surface area is 136 Å². The number of carbonyl (C=O) groups excluding carboxylic acids is 1. The number of sulfonamides is 1. The minimum atomic E-state index is -3.79. The highest BCUT2D eigenvalue weighted by atomic mass is 32.2. The van der Waals surface area contributed by atoms with E-state index in [-0.39, 0.29) is 23.3 Å². The lowest BCUT2D eigenvalue weighted by Crippen LogP contribution is -2.31. The maximum Gasteiger partial charge on any atom is 0.238 e. The summed E-state index contributed by atoms with van der Waals surface area (Å²) in [7, 11) is -3.79. The lowest BCUT2D eigenvalue weighted by molar-refractivity contribution is -0.120. The van der Waals surface area contributed by atoms with Gasteiger partial charge >= 0.3 is 0 Å². The summed E-state index contributed by atoms with van der Waals surface area (Å²) >= 11 is 0. The van der Waals surface area contributed by atoms with Crippen molar-refractivity contribution in [1.82, 2.24) is 5.32 Å². The van der Waals surface area contributed by atoms with Crippen molar-refractivity contribution in [1.29, 1.82) is 0 Å². The number of hydrogen-bond acceptors (Lipinski definition) is 3. The Hall–Kier alpha value is -2.18. The molecule has 0 bridgehead atoms. The minimum absolute atomic E-state index is 0.0438. The first-order chi connectivity index (χ1) is 10.8. The first-order valence-electron chi connectivity index (χ1n) is 7.28. The summed E-state index contributed by atoms with van der Waals surface area (Å²) in [5.74, 6) is -0.0438. The molecule has 2 aromatic rings. The standard InChI is InChI=1S/C17H20N2O3S/c1-12(2)19-17(20)11-13-7-9-14(10-8-13)15-5-3-4-6-16(15)23(18,21)22/h3-10,12H,11H2,1-2H3,(H,19,20)(H2,18,21,22). The molecular weight excluding hydrogens is 312 g/mol. The fourth-order valence-corrected chi connectivity index (χ4v) is 3.07. The van der Waals surface area contributed by atoms with Crippen LogP contribution in [-0.2, 0) is 21.2 Å². The van der Waals surface area contributed by atoms with Gasteiger partial charge in [0.05, 0.1) is 11.3 Å². The third-order valence-corrected chi connectivity index (χ3v) is 4.24. The van der Waals surface area contributed by atoms with Crippen molar-refractivity contribution in [2.24, 2.45) is 5.14 Å². The van der Waals surface area contributed by atoms with E-state index in [0.717, 1.165) is 11.1 Å². The maximum atomic E-state index is 11.8. The van der Waals surface area contributed by atoms with Crippen LogP contribution in [0.25, 0.3) is 11.1 Å². The zero-order valence-corrected chi connectivity index (χ0v) is 13.9. The largest absolute Gasteiger partial charge is 0.354 e. The first-order valence-corrected chi connectivity index (χ1v) is 8.82. The summed E-state index contributed by atoms with van der Waals surface area (Å²) in [4.78, 5) is 11.8. The Morgan fingerprint density at radius 1 is 1.09 bits per heavy atom. The Morgan fingerprint density at radius 2 is 1.70 bits per heavy atom. The average molecular weight is 332 g/mol. The molecule has 0 radical (unpaired) electrons. The summed E-state index contributed by atoms with van der Waals surface area (Å²) in [6.45, 7) is 3.82. The molecule has 0 aromatic heterocycles. The number of rotatable bonds is 5. The molecule has 1 amide bonds. The Bertz CT molecular complexity index is 797. The highest BCUT2D eigenvalue weighted by Gasteiger charge is 2.14. The van der Waals surface area contributed by atoms with Crippen LogP contribution in [0.3, 0.4) is 0 Å². The van der Waals surface area contributed by atoms with Gasteiger partial charge in [-0.25, -0.2) is 13.6 Å². The van der Waals surface area contributed by atoms with Gasteiger partial charge in [0.15, 0.2) is 0 Å². The van der Waals surface area contributed by atoms with Gasteiger partial charge in [-0.3, -0.25) is 4.79 Å². The third-order valence-electron chi connectivity index (χ3n) is 3.27. The fourth-order valence-electron chi connectivity index (χ4n) is 2.31. The SMILES string of the molecule is CC(C)NC(=O)Cc1ccc(-c2ccccc2S(N)(=O)=O)cc1. The summed E-state index contributed by atoms with van der Waals surface area (Å²) in [5.41, 5.74) is 2.15.